The fourth-order valence-electron chi connectivity index (χ4n) is 2.73. The van der Waals surface area contributed by atoms with Crippen molar-refractivity contribution in [3.05, 3.63) is 17.5 Å². The first-order valence-electron chi connectivity index (χ1n) is 8.70. The number of aromatic nitrogens is 5. The van der Waals surface area contributed by atoms with E-state index >= 15 is 0 Å². The molecule has 1 aliphatic rings. The molecule has 2 aromatic heterocycles. The lowest BCUT2D eigenvalue weighted by Crippen LogP contribution is -2.52. The lowest BCUT2D eigenvalue weighted by molar-refractivity contribution is -0.000613. The molecular weight excluding hydrogens is 390 g/mol. The van der Waals surface area contributed by atoms with Gasteiger partial charge in [-0.2, -0.15) is 0 Å². The first kappa shape index (κ1) is 20.4. The highest BCUT2D eigenvalue weighted by Crippen LogP contribution is 2.30. The summed E-state index contributed by atoms with van der Waals surface area (Å²) in [5.41, 5.74) is 0.161. The number of ether oxygens (including phenoxy) is 1. The van der Waals surface area contributed by atoms with Crippen LogP contribution in [0.15, 0.2) is 11.4 Å². The van der Waals surface area contributed by atoms with Gasteiger partial charge < -0.3 is 9.64 Å². The number of rotatable bonds is 4. The standard InChI is InChI=1S/C17H22F2N6O2S/c1-9-12(20-15(28-5)21-13(9)14(18)19)11-8-25(23-22-11)10-6-24(7-10)16(26)27-17(2,3)4/h8,10,14H,6-7H2,1-5H3. The van der Waals surface area contributed by atoms with Crippen LogP contribution in [0.25, 0.3) is 11.4 Å². The molecule has 0 unspecified atom stereocenters. The third kappa shape index (κ3) is 4.23. The summed E-state index contributed by atoms with van der Waals surface area (Å²) < 4.78 is 33.5. The molecule has 3 heterocycles. The molecule has 28 heavy (non-hydrogen) atoms. The Labute approximate surface area is 165 Å². The lowest BCUT2D eigenvalue weighted by Gasteiger charge is -2.39. The van der Waals surface area contributed by atoms with Gasteiger partial charge in [0, 0.05) is 18.7 Å². The number of nitrogens with zero attached hydrogens (tertiary/aromatic N) is 6. The summed E-state index contributed by atoms with van der Waals surface area (Å²) in [6, 6.07) is -0.0505. The summed E-state index contributed by atoms with van der Waals surface area (Å²) in [5, 5.41) is 8.43. The minimum absolute atomic E-state index is 0.0505. The summed E-state index contributed by atoms with van der Waals surface area (Å²) >= 11 is 1.19. The molecule has 0 bridgehead atoms. The van der Waals surface area contributed by atoms with Crippen molar-refractivity contribution in [3.63, 3.8) is 0 Å². The van der Waals surface area contributed by atoms with Gasteiger partial charge in [0.05, 0.1) is 12.2 Å². The third-order valence-electron chi connectivity index (χ3n) is 4.19. The summed E-state index contributed by atoms with van der Waals surface area (Å²) in [7, 11) is 0. The quantitative estimate of drug-likeness (QED) is 0.561. The van der Waals surface area contributed by atoms with Crippen LogP contribution in [0.1, 0.15) is 44.5 Å². The van der Waals surface area contributed by atoms with Gasteiger partial charge in [-0.25, -0.2) is 28.2 Å². The van der Waals surface area contributed by atoms with Gasteiger partial charge in [0.25, 0.3) is 6.43 Å². The zero-order valence-corrected chi connectivity index (χ0v) is 17.1. The highest BCUT2D eigenvalue weighted by molar-refractivity contribution is 7.98. The number of halogens is 2. The zero-order valence-electron chi connectivity index (χ0n) is 16.3. The normalized spacial score (nSPS) is 15.1. The van der Waals surface area contributed by atoms with Crippen molar-refractivity contribution in [1.29, 1.82) is 0 Å². The van der Waals surface area contributed by atoms with Crippen LogP contribution in [-0.2, 0) is 4.74 Å². The Morgan fingerprint density at radius 1 is 1.32 bits per heavy atom. The number of thioether (sulfide) groups is 1. The van der Waals surface area contributed by atoms with Crippen LogP contribution < -0.4 is 0 Å². The molecule has 0 N–H and O–H groups in total. The minimum Gasteiger partial charge on any atom is -0.444 e. The number of carbonyl (C=O) groups is 1. The van der Waals surface area contributed by atoms with E-state index < -0.39 is 12.0 Å². The maximum absolute atomic E-state index is 13.3. The Hall–Kier alpha value is -2.30. The van der Waals surface area contributed by atoms with Crippen LogP contribution >= 0.6 is 11.8 Å². The molecular formula is C17H22F2N6O2S. The van der Waals surface area contributed by atoms with Crippen molar-refractivity contribution < 1.29 is 18.3 Å². The number of hydrogen-bond acceptors (Lipinski definition) is 7. The number of amides is 1. The molecule has 1 aliphatic heterocycles. The van der Waals surface area contributed by atoms with Crippen molar-refractivity contribution in [1.82, 2.24) is 29.9 Å². The Bertz CT molecular complexity index is 877. The van der Waals surface area contributed by atoms with E-state index in [2.05, 4.69) is 20.3 Å². The maximum atomic E-state index is 13.3. The molecule has 1 amide bonds. The van der Waals surface area contributed by atoms with Crippen LogP contribution in [-0.4, -0.2) is 60.9 Å². The molecule has 2 aromatic rings. The summed E-state index contributed by atoms with van der Waals surface area (Å²) in [5.74, 6) is 0. The van der Waals surface area contributed by atoms with Gasteiger partial charge in [-0.3, -0.25) is 0 Å². The van der Waals surface area contributed by atoms with E-state index in [9.17, 15) is 13.6 Å². The second-order valence-electron chi connectivity index (χ2n) is 7.49. The van der Waals surface area contributed by atoms with E-state index in [-0.39, 0.29) is 28.5 Å². The lowest BCUT2D eigenvalue weighted by atomic mass is 10.1. The average molecular weight is 412 g/mol. The molecule has 0 aromatic carbocycles. The minimum atomic E-state index is -2.70. The van der Waals surface area contributed by atoms with Gasteiger partial charge >= 0.3 is 6.09 Å². The van der Waals surface area contributed by atoms with Gasteiger partial charge in [-0.05, 0) is 34.0 Å². The predicted octanol–water partition coefficient (Wildman–Crippen LogP) is 3.49. The average Bonchev–Trinajstić information content (AvgIpc) is 3.01. The monoisotopic (exact) mass is 412 g/mol. The molecule has 11 heteroatoms. The Morgan fingerprint density at radius 2 is 2.00 bits per heavy atom. The highest BCUT2D eigenvalue weighted by atomic mass is 32.2. The fraction of sp³-hybridized carbons (Fsp3) is 0.588. The first-order valence-corrected chi connectivity index (χ1v) is 9.92. The largest absolute Gasteiger partial charge is 0.444 e. The molecule has 0 saturated carbocycles. The van der Waals surface area contributed by atoms with E-state index in [0.717, 1.165) is 0 Å². The summed E-state index contributed by atoms with van der Waals surface area (Å²) in [6.07, 6.45) is 0.310. The topological polar surface area (TPSA) is 86.0 Å². The Balaban J connectivity index is 1.76. The second-order valence-corrected chi connectivity index (χ2v) is 8.27. The molecule has 0 aliphatic carbocycles. The predicted molar refractivity (Wildman–Crippen MR) is 99.4 cm³/mol. The molecule has 0 radical (unpaired) electrons. The zero-order chi connectivity index (χ0) is 20.6. The number of hydrogen-bond donors (Lipinski definition) is 0. The van der Waals surface area contributed by atoms with Crippen molar-refractivity contribution in [2.45, 2.75) is 50.9 Å². The smallest absolute Gasteiger partial charge is 0.410 e. The van der Waals surface area contributed by atoms with E-state index in [4.69, 9.17) is 4.74 Å². The first-order chi connectivity index (χ1) is 13.1. The van der Waals surface area contributed by atoms with Crippen LogP contribution in [0.3, 0.4) is 0 Å². The van der Waals surface area contributed by atoms with Gasteiger partial charge in [0.1, 0.15) is 22.7 Å². The molecule has 8 nitrogen and oxygen atoms in total. The summed E-state index contributed by atoms with van der Waals surface area (Å²) in [4.78, 5) is 21.8. The molecule has 1 saturated heterocycles. The third-order valence-corrected chi connectivity index (χ3v) is 4.74. The van der Waals surface area contributed by atoms with Crippen molar-refractivity contribution >= 4 is 17.9 Å². The molecule has 0 spiro atoms. The van der Waals surface area contributed by atoms with Crippen LogP contribution in [0.2, 0.25) is 0 Å². The fourth-order valence-corrected chi connectivity index (χ4v) is 3.10. The maximum Gasteiger partial charge on any atom is 0.410 e. The van der Waals surface area contributed by atoms with Crippen LogP contribution in [0.4, 0.5) is 13.6 Å². The van der Waals surface area contributed by atoms with Crippen molar-refractivity contribution in [2.24, 2.45) is 0 Å². The van der Waals surface area contributed by atoms with Gasteiger partial charge in [0.2, 0.25) is 0 Å². The van der Waals surface area contributed by atoms with Crippen LogP contribution in [0, 0.1) is 6.92 Å². The van der Waals surface area contributed by atoms with Crippen LogP contribution in [0.5, 0.6) is 0 Å². The molecule has 3 rings (SSSR count). The Morgan fingerprint density at radius 3 is 2.57 bits per heavy atom. The van der Waals surface area contributed by atoms with E-state index in [1.165, 1.54) is 11.8 Å². The number of alkyl halides is 2. The molecule has 0 atom stereocenters. The number of carbonyl (C=O) groups excluding carboxylic acids is 1. The highest BCUT2D eigenvalue weighted by Gasteiger charge is 2.35. The van der Waals surface area contributed by atoms with Crippen molar-refractivity contribution in [3.8, 4) is 11.4 Å². The van der Waals surface area contributed by atoms with Gasteiger partial charge in [-0.1, -0.05) is 17.0 Å². The Kier molecular flexibility index (Phi) is 5.55. The number of likely N-dealkylation sites (tertiary alicyclic amines) is 1. The van der Waals surface area contributed by atoms with Gasteiger partial charge in [0.15, 0.2) is 5.16 Å². The molecule has 152 valence electrons. The van der Waals surface area contributed by atoms with E-state index in [1.807, 2.05) is 20.8 Å². The molecule has 1 fully saturated rings. The van der Waals surface area contributed by atoms with E-state index in [1.54, 1.807) is 29.0 Å². The summed E-state index contributed by atoms with van der Waals surface area (Å²) in [6.45, 7) is 7.87. The SMILES string of the molecule is CSc1nc(-c2cn(C3CN(C(=O)OC(C)(C)C)C3)nn2)c(C)c(C(F)F)n1. The van der Waals surface area contributed by atoms with Gasteiger partial charge in [-0.15, -0.1) is 5.10 Å². The van der Waals surface area contributed by atoms with Crippen molar-refractivity contribution in [2.75, 3.05) is 19.3 Å². The van der Waals surface area contributed by atoms with E-state index in [0.29, 0.717) is 24.5 Å². The second kappa shape index (κ2) is 7.61.